The van der Waals surface area contributed by atoms with Crippen LogP contribution in [0.2, 0.25) is 0 Å². The molecule has 1 fully saturated rings. The number of carbonyl (C=O) groups is 1. The van der Waals surface area contributed by atoms with Gasteiger partial charge in [0.2, 0.25) is 0 Å². The molecule has 0 saturated heterocycles. The minimum absolute atomic E-state index is 0.0605. The Morgan fingerprint density at radius 1 is 1.62 bits per heavy atom. The molecule has 1 aliphatic rings. The molecule has 2 atom stereocenters. The van der Waals surface area contributed by atoms with Gasteiger partial charge in [-0.25, -0.2) is 0 Å². The normalized spacial score (nSPS) is 26.8. The second-order valence-corrected chi connectivity index (χ2v) is 4.56. The second kappa shape index (κ2) is 4.09. The van der Waals surface area contributed by atoms with Crippen molar-refractivity contribution in [3.8, 4) is 0 Å². The number of carboxylic acid groups (broad SMARTS) is 1. The summed E-state index contributed by atoms with van der Waals surface area (Å²) in [6.45, 7) is 6.36. The van der Waals surface area contributed by atoms with Gasteiger partial charge in [0.15, 0.2) is 0 Å². The van der Waals surface area contributed by atoms with Crippen LogP contribution in [0, 0.1) is 17.8 Å². The van der Waals surface area contributed by atoms with E-state index in [-0.39, 0.29) is 5.92 Å². The number of aliphatic carboxylic acids is 1. The van der Waals surface area contributed by atoms with Gasteiger partial charge in [-0.1, -0.05) is 13.8 Å². The molecule has 0 aromatic carbocycles. The van der Waals surface area contributed by atoms with Crippen LogP contribution in [0.1, 0.15) is 20.3 Å². The highest BCUT2D eigenvalue weighted by atomic mass is 16.4. The highest BCUT2D eigenvalue weighted by Crippen LogP contribution is 2.38. The van der Waals surface area contributed by atoms with Crippen molar-refractivity contribution in [1.29, 1.82) is 0 Å². The maximum atomic E-state index is 10.6. The highest BCUT2D eigenvalue weighted by molar-refractivity contribution is 5.73. The predicted molar refractivity (Wildman–Crippen MR) is 51.6 cm³/mol. The molecule has 0 bridgehead atoms. The lowest BCUT2D eigenvalue weighted by atomic mass is 10.2. The van der Waals surface area contributed by atoms with Crippen LogP contribution < -0.4 is 0 Å². The summed E-state index contributed by atoms with van der Waals surface area (Å²) < 4.78 is 0. The summed E-state index contributed by atoms with van der Waals surface area (Å²) in [5, 5.41) is 8.70. The van der Waals surface area contributed by atoms with Gasteiger partial charge in [0.1, 0.15) is 0 Å². The molecule has 1 saturated carbocycles. The molecular formula is C10H19NO2. The van der Waals surface area contributed by atoms with E-state index in [0.29, 0.717) is 11.8 Å². The van der Waals surface area contributed by atoms with Crippen molar-refractivity contribution in [3.05, 3.63) is 0 Å². The maximum Gasteiger partial charge on any atom is 0.306 e. The fourth-order valence-corrected chi connectivity index (χ4v) is 1.85. The minimum Gasteiger partial charge on any atom is -0.481 e. The predicted octanol–water partition coefficient (Wildman–Crippen LogP) is 1.29. The Morgan fingerprint density at radius 3 is 2.62 bits per heavy atom. The zero-order chi connectivity index (χ0) is 10.0. The third kappa shape index (κ3) is 3.35. The first-order valence-electron chi connectivity index (χ1n) is 4.92. The Morgan fingerprint density at radius 2 is 2.23 bits per heavy atom. The SMILES string of the molecule is CC(C)CN(C)CC1CC1C(=O)O. The smallest absolute Gasteiger partial charge is 0.306 e. The number of nitrogens with zero attached hydrogens (tertiary/aromatic N) is 1. The highest BCUT2D eigenvalue weighted by Gasteiger charge is 2.43. The standard InChI is InChI=1S/C10H19NO2/c1-7(2)5-11(3)6-8-4-9(8)10(12)13/h7-9H,4-6H2,1-3H3,(H,12,13). The van der Waals surface area contributed by atoms with Crippen molar-refractivity contribution >= 4 is 5.97 Å². The fraction of sp³-hybridized carbons (Fsp3) is 0.900. The van der Waals surface area contributed by atoms with E-state index in [2.05, 4.69) is 25.8 Å². The van der Waals surface area contributed by atoms with E-state index in [9.17, 15) is 4.79 Å². The Kier molecular flexibility index (Phi) is 3.31. The third-order valence-electron chi connectivity index (χ3n) is 2.46. The van der Waals surface area contributed by atoms with Crippen molar-refractivity contribution in [2.45, 2.75) is 20.3 Å². The molecule has 1 N–H and O–H groups in total. The van der Waals surface area contributed by atoms with Crippen LogP contribution in [-0.2, 0) is 4.79 Å². The van der Waals surface area contributed by atoms with Crippen molar-refractivity contribution in [3.63, 3.8) is 0 Å². The van der Waals surface area contributed by atoms with Crippen LogP contribution in [0.4, 0.5) is 0 Å². The summed E-state index contributed by atoms with van der Waals surface area (Å²) >= 11 is 0. The lowest BCUT2D eigenvalue weighted by Gasteiger charge is -2.18. The van der Waals surface area contributed by atoms with Gasteiger partial charge < -0.3 is 10.0 Å². The molecule has 0 heterocycles. The largest absolute Gasteiger partial charge is 0.481 e. The molecule has 3 nitrogen and oxygen atoms in total. The number of carboxylic acids is 1. The van der Waals surface area contributed by atoms with Gasteiger partial charge in [-0.05, 0) is 25.3 Å². The Bertz CT molecular complexity index is 191. The van der Waals surface area contributed by atoms with Gasteiger partial charge in [-0.2, -0.15) is 0 Å². The van der Waals surface area contributed by atoms with Crippen molar-refractivity contribution in [1.82, 2.24) is 4.90 Å². The van der Waals surface area contributed by atoms with E-state index in [1.807, 2.05) is 0 Å². The van der Waals surface area contributed by atoms with E-state index in [1.54, 1.807) is 0 Å². The molecule has 0 aliphatic heterocycles. The summed E-state index contributed by atoms with van der Waals surface area (Å²) in [5.41, 5.74) is 0. The lowest BCUT2D eigenvalue weighted by molar-refractivity contribution is -0.138. The number of hydrogen-bond donors (Lipinski definition) is 1. The van der Waals surface area contributed by atoms with Crippen molar-refractivity contribution < 1.29 is 9.90 Å². The average molecular weight is 185 g/mol. The summed E-state index contributed by atoms with van der Waals surface area (Å²) in [5.74, 6) is 0.380. The topological polar surface area (TPSA) is 40.5 Å². The molecule has 76 valence electrons. The first kappa shape index (κ1) is 10.5. The summed E-state index contributed by atoms with van der Waals surface area (Å²) in [6, 6.07) is 0. The Labute approximate surface area is 79.7 Å². The Hall–Kier alpha value is -0.570. The first-order chi connectivity index (χ1) is 6.00. The summed E-state index contributed by atoms with van der Waals surface area (Å²) in [4.78, 5) is 12.8. The van der Waals surface area contributed by atoms with E-state index in [4.69, 9.17) is 5.11 Å². The molecule has 3 heteroatoms. The molecule has 2 unspecified atom stereocenters. The zero-order valence-electron chi connectivity index (χ0n) is 8.66. The molecule has 0 aromatic rings. The summed E-state index contributed by atoms with van der Waals surface area (Å²) in [7, 11) is 2.07. The molecule has 1 aliphatic carbocycles. The zero-order valence-corrected chi connectivity index (χ0v) is 8.66. The van der Waals surface area contributed by atoms with Crippen molar-refractivity contribution in [2.75, 3.05) is 20.1 Å². The van der Waals surface area contributed by atoms with Gasteiger partial charge in [0.25, 0.3) is 0 Å². The molecule has 0 aromatic heterocycles. The van der Waals surface area contributed by atoms with E-state index >= 15 is 0 Å². The van der Waals surface area contributed by atoms with Crippen LogP contribution in [0.25, 0.3) is 0 Å². The number of hydrogen-bond acceptors (Lipinski definition) is 2. The second-order valence-electron chi connectivity index (χ2n) is 4.56. The van der Waals surface area contributed by atoms with E-state index in [0.717, 1.165) is 19.5 Å². The summed E-state index contributed by atoms with van der Waals surface area (Å²) in [6.07, 6.45) is 0.873. The lowest BCUT2D eigenvalue weighted by Crippen LogP contribution is -2.26. The Balaban J connectivity index is 2.16. The molecule has 0 spiro atoms. The fourth-order valence-electron chi connectivity index (χ4n) is 1.85. The minimum atomic E-state index is -0.622. The molecule has 0 radical (unpaired) electrons. The van der Waals surface area contributed by atoms with E-state index < -0.39 is 5.97 Å². The van der Waals surface area contributed by atoms with Gasteiger partial charge in [-0.15, -0.1) is 0 Å². The van der Waals surface area contributed by atoms with Crippen LogP contribution in [-0.4, -0.2) is 36.1 Å². The molecular weight excluding hydrogens is 166 g/mol. The molecule has 13 heavy (non-hydrogen) atoms. The monoisotopic (exact) mass is 185 g/mol. The first-order valence-corrected chi connectivity index (χ1v) is 4.92. The van der Waals surface area contributed by atoms with Gasteiger partial charge in [0.05, 0.1) is 5.92 Å². The quantitative estimate of drug-likeness (QED) is 0.701. The van der Waals surface area contributed by atoms with Crippen LogP contribution in [0.15, 0.2) is 0 Å². The van der Waals surface area contributed by atoms with E-state index in [1.165, 1.54) is 0 Å². The van der Waals surface area contributed by atoms with Crippen LogP contribution >= 0.6 is 0 Å². The maximum absolute atomic E-state index is 10.6. The van der Waals surface area contributed by atoms with Crippen LogP contribution in [0.5, 0.6) is 0 Å². The molecule has 1 rings (SSSR count). The number of rotatable bonds is 5. The van der Waals surface area contributed by atoms with Crippen molar-refractivity contribution in [2.24, 2.45) is 17.8 Å². The average Bonchev–Trinajstić information content (AvgIpc) is 2.64. The van der Waals surface area contributed by atoms with Gasteiger partial charge >= 0.3 is 5.97 Å². The van der Waals surface area contributed by atoms with Crippen LogP contribution in [0.3, 0.4) is 0 Å². The van der Waals surface area contributed by atoms with Gasteiger partial charge in [-0.3, -0.25) is 4.79 Å². The third-order valence-corrected chi connectivity index (χ3v) is 2.46. The van der Waals surface area contributed by atoms with Gasteiger partial charge in [0, 0.05) is 13.1 Å². The molecule has 0 amide bonds.